The highest BCUT2D eigenvalue weighted by Crippen LogP contribution is 2.35. The number of pyridine rings is 2. The lowest BCUT2D eigenvalue weighted by Gasteiger charge is -2.37. The fourth-order valence-corrected chi connectivity index (χ4v) is 3.93. The number of aromatic nitrogens is 7. The van der Waals surface area contributed by atoms with E-state index in [0.29, 0.717) is 29.2 Å². The van der Waals surface area contributed by atoms with E-state index in [-0.39, 0.29) is 22.2 Å². The summed E-state index contributed by atoms with van der Waals surface area (Å²) < 4.78 is 43.2. The summed E-state index contributed by atoms with van der Waals surface area (Å²) >= 11 is 6.19. The first-order valence-corrected chi connectivity index (χ1v) is 10.9. The van der Waals surface area contributed by atoms with Crippen LogP contribution in [-0.2, 0) is 6.18 Å². The number of halogens is 4. The van der Waals surface area contributed by atoms with Gasteiger partial charge >= 0.3 is 6.18 Å². The van der Waals surface area contributed by atoms with Gasteiger partial charge in [-0.05, 0) is 18.6 Å². The molecule has 1 aliphatic rings. The molecule has 0 saturated carbocycles. The van der Waals surface area contributed by atoms with Gasteiger partial charge in [0.15, 0.2) is 11.5 Å². The molecule has 0 aliphatic carbocycles. The van der Waals surface area contributed by atoms with Crippen LogP contribution in [0.2, 0.25) is 5.02 Å². The molecule has 1 amide bonds. The summed E-state index contributed by atoms with van der Waals surface area (Å²) in [7, 11) is 0. The van der Waals surface area contributed by atoms with Crippen molar-refractivity contribution in [2.75, 3.05) is 23.3 Å². The molecule has 0 bridgehead atoms. The maximum Gasteiger partial charge on any atom is 0.434 e. The van der Waals surface area contributed by atoms with Crippen molar-refractivity contribution in [3.8, 4) is 11.5 Å². The smallest absolute Gasteiger partial charge is 0.389 e. The molecule has 186 valence electrons. The monoisotopic (exact) mass is 519 g/mol. The minimum atomic E-state index is -4.91. The average Bonchev–Trinajstić information content (AvgIpc) is 3.48. The molecule has 0 unspecified atom stereocenters. The first-order valence-electron chi connectivity index (χ1n) is 10.5. The van der Waals surface area contributed by atoms with Crippen LogP contribution in [0, 0.1) is 6.92 Å². The van der Waals surface area contributed by atoms with Gasteiger partial charge in [-0.25, -0.2) is 14.6 Å². The maximum absolute atomic E-state index is 14.2. The minimum absolute atomic E-state index is 0.0699. The van der Waals surface area contributed by atoms with E-state index < -0.39 is 29.4 Å². The fraction of sp³-hybridized carbons (Fsp3) is 0.238. The van der Waals surface area contributed by atoms with E-state index in [1.54, 1.807) is 11.8 Å². The van der Waals surface area contributed by atoms with E-state index in [9.17, 15) is 23.1 Å². The molecule has 2 N–H and O–H groups in total. The molecule has 0 spiro atoms. The van der Waals surface area contributed by atoms with Crippen LogP contribution in [0.4, 0.5) is 24.7 Å². The van der Waals surface area contributed by atoms with Crippen LogP contribution in [-0.4, -0.2) is 64.9 Å². The Hall–Kier alpha value is -4.04. The Morgan fingerprint density at radius 1 is 1.11 bits per heavy atom. The molecule has 1 fully saturated rings. The number of aliphatic hydroxyl groups excluding tert-OH is 1. The second-order valence-electron chi connectivity index (χ2n) is 8.01. The predicted molar refractivity (Wildman–Crippen MR) is 121 cm³/mol. The quantitative estimate of drug-likeness (QED) is 0.412. The summed E-state index contributed by atoms with van der Waals surface area (Å²) in [6.07, 6.45) is 0.908. The molecule has 4 aromatic heterocycles. The summed E-state index contributed by atoms with van der Waals surface area (Å²) in [5.41, 5.74) is -1.35. The molecule has 15 heteroatoms. The molecule has 0 radical (unpaired) electrons. The first-order chi connectivity index (χ1) is 17.1. The highest BCUT2D eigenvalue weighted by Gasteiger charge is 2.41. The zero-order valence-electron chi connectivity index (χ0n) is 18.5. The van der Waals surface area contributed by atoms with Gasteiger partial charge in [0.2, 0.25) is 0 Å². The Kier molecular flexibility index (Phi) is 5.84. The molecular weight excluding hydrogens is 503 g/mol. The van der Waals surface area contributed by atoms with Crippen molar-refractivity contribution in [1.29, 1.82) is 0 Å². The number of nitrogens with one attached hydrogen (secondary N) is 1. The lowest BCUT2D eigenvalue weighted by Crippen LogP contribution is -2.51. The third-order valence-corrected chi connectivity index (χ3v) is 5.72. The van der Waals surface area contributed by atoms with E-state index in [4.69, 9.17) is 11.6 Å². The number of aliphatic hydroxyl groups is 1. The highest BCUT2D eigenvalue weighted by atomic mass is 35.5. The van der Waals surface area contributed by atoms with E-state index in [1.807, 2.05) is 0 Å². The summed E-state index contributed by atoms with van der Waals surface area (Å²) in [5.74, 6) is -0.473. The Bertz CT molecular complexity index is 1430. The lowest BCUT2D eigenvalue weighted by atomic mass is 10.1. The summed E-state index contributed by atoms with van der Waals surface area (Å²) in [6, 6.07) is 2.76. The highest BCUT2D eigenvalue weighted by molar-refractivity contribution is 6.32. The van der Waals surface area contributed by atoms with E-state index in [0.717, 1.165) is 11.0 Å². The largest absolute Gasteiger partial charge is 0.434 e. The molecule has 11 nitrogen and oxygen atoms in total. The van der Waals surface area contributed by atoms with Crippen molar-refractivity contribution in [2.24, 2.45) is 0 Å². The summed E-state index contributed by atoms with van der Waals surface area (Å²) in [4.78, 5) is 24.1. The molecular formula is C21H17ClF3N9O2. The number of β-amino-alcohol motifs (C(OH)–C–C–N with tert-alkyl or cyclic N) is 1. The van der Waals surface area contributed by atoms with Crippen molar-refractivity contribution >= 4 is 29.0 Å². The van der Waals surface area contributed by atoms with Gasteiger partial charge in [0.05, 0.1) is 52.9 Å². The topological polar surface area (TPSA) is 127 Å². The van der Waals surface area contributed by atoms with Gasteiger partial charge in [-0.3, -0.25) is 4.79 Å². The second-order valence-corrected chi connectivity index (χ2v) is 8.41. The molecule has 5 rings (SSSR count). The standard InChI is InChI=1S/C21H17ClF3N9O2/c1-11-6-26-17(32-9-13(35)10-32)5-16(11)33-18(21(23,24)25)14(8-30-33)20(36)31-12-4-15(22)19(27-7-12)34-28-2-3-29-34/h2-8,13,35H,9-10H2,1H3,(H,31,36). The second kappa shape index (κ2) is 8.87. The molecule has 36 heavy (non-hydrogen) atoms. The van der Waals surface area contributed by atoms with Gasteiger partial charge in [-0.1, -0.05) is 11.6 Å². The SMILES string of the molecule is Cc1cnc(N2CC(O)C2)cc1-n1ncc(C(=O)Nc2cnc(-n3nccn3)c(Cl)c2)c1C(F)(F)F. The van der Waals surface area contributed by atoms with Crippen LogP contribution in [0.15, 0.2) is 43.1 Å². The van der Waals surface area contributed by atoms with Crippen LogP contribution < -0.4 is 10.2 Å². The van der Waals surface area contributed by atoms with Gasteiger partial charge < -0.3 is 15.3 Å². The third-order valence-electron chi connectivity index (χ3n) is 5.44. The van der Waals surface area contributed by atoms with Crippen LogP contribution in [0.1, 0.15) is 21.6 Å². The van der Waals surface area contributed by atoms with Gasteiger partial charge in [-0.2, -0.15) is 28.5 Å². The number of hydrogen-bond donors (Lipinski definition) is 2. The van der Waals surface area contributed by atoms with Crippen LogP contribution in [0.25, 0.3) is 11.5 Å². The Morgan fingerprint density at radius 2 is 1.83 bits per heavy atom. The van der Waals surface area contributed by atoms with Crippen molar-refractivity contribution in [3.63, 3.8) is 0 Å². The fourth-order valence-electron chi connectivity index (χ4n) is 3.69. The number of hydrogen-bond acceptors (Lipinski definition) is 8. The maximum atomic E-state index is 14.2. The van der Waals surface area contributed by atoms with Crippen LogP contribution in [0.3, 0.4) is 0 Å². The van der Waals surface area contributed by atoms with Gasteiger partial charge in [-0.15, -0.1) is 4.80 Å². The zero-order valence-corrected chi connectivity index (χ0v) is 19.2. The van der Waals surface area contributed by atoms with E-state index >= 15 is 0 Å². The molecule has 0 aromatic carbocycles. The first kappa shape index (κ1) is 23.7. The van der Waals surface area contributed by atoms with Crippen molar-refractivity contribution in [3.05, 3.63) is 65.0 Å². The van der Waals surface area contributed by atoms with Crippen LogP contribution >= 0.6 is 11.6 Å². The van der Waals surface area contributed by atoms with Gasteiger partial charge in [0.1, 0.15) is 5.82 Å². The minimum Gasteiger partial charge on any atom is -0.389 e. The Morgan fingerprint density at radius 3 is 2.47 bits per heavy atom. The molecule has 0 atom stereocenters. The van der Waals surface area contributed by atoms with E-state index in [2.05, 4.69) is 30.6 Å². The normalized spacial score (nSPS) is 14.1. The number of aryl methyl sites for hydroxylation is 1. The Balaban J connectivity index is 1.47. The number of alkyl halides is 3. The average molecular weight is 520 g/mol. The predicted octanol–water partition coefficient (Wildman–Crippen LogP) is 2.66. The lowest BCUT2D eigenvalue weighted by molar-refractivity contribution is -0.143. The number of nitrogens with zero attached hydrogens (tertiary/aromatic N) is 8. The summed E-state index contributed by atoms with van der Waals surface area (Å²) in [6.45, 7) is 2.23. The zero-order chi connectivity index (χ0) is 25.6. The van der Waals surface area contributed by atoms with Gasteiger partial charge in [0.25, 0.3) is 5.91 Å². The number of amides is 1. The van der Waals surface area contributed by atoms with Crippen LogP contribution in [0.5, 0.6) is 0 Å². The van der Waals surface area contributed by atoms with Gasteiger partial charge in [0, 0.05) is 25.4 Å². The van der Waals surface area contributed by atoms with E-state index in [1.165, 1.54) is 36.9 Å². The number of carbonyl (C=O) groups excluding carboxylic acids is 1. The Labute approximate surface area is 206 Å². The number of rotatable bonds is 5. The van der Waals surface area contributed by atoms with Crippen molar-refractivity contribution < 1.29 is 23.1 Å². The summed E-state index contributed by atoms with van der Waals surface area (Å²) in [5, 5.41) is 23.7. The molecule has 5 heterocycles. The number of anilines is 2. The third kappa shape index (κ3) is 4.35. The molecule has 1 aliphatic heterocycles. The molecule has 4 aromatic rings. The van der Waals surface area contributed by atoms with Crippen molar-refractivity contribution in [2.45, 2.75) is 19.2 Å². The van der Waals surface area contributed by atoms with Crippen molar-refractivity contribution in [1.82, 2.24) is 34.7 Å². The number of carbonyl (C=O) groups is 1. The molecule has 1 saturated heterocycles.